The largest absolute Gasteiger partial charge is 0.462 e. The third-order valence-electron chi connectivity index (χ3n) is 5.04. The molecule has 0 aliphatic carbocycles. The first-order valence-electron chi connectivity index (χ1n) is 11.4. The van der Waals surface area contributed by atoms with Crippen LogP contribution in [-0.2, 0) is 9.53 Å². The van der Waals surface area contributed by atoms with Gasteiger partial charge in [-0.1, -0.05) is 97.8 Å². The predicted octanol–water partition coefficient (Wildman–Crippen LogP) is 7.98. The first-order valence-corrected chi connectivity index (χ1v) is 11.4. The molecule has 0 aliphatic heterocycles. The van der Waals surface area contributed by atoms with Gasteiger partial charge < -0.3 is 4.74 Å². The smallest absolute Gasteiger partial charge is 0.306 e. The molecule has 0 amide bonds. The predicted molar refractivity (Wildman–Crippen MR) is 110 cm³/mol. The fraction of sp³-hybridized carbons (Fsp3) is 0.957. The Morgan fingerprint density at radius 1 is 0.600 bits per heavy atom. The molecular weight excluding hydrogens is 308 g/mol. The molecule has 0 saturated heterocycles. The Labute approximate surface area is 158 Å². The molecule has 0 bridgehead atoms. The quantitative estimate of drug-likeness (QED) is 0.173. The highest BCUT2D eigenvalue weighted by Crippen LogP contribution is 2.17. The lowest BCUT2D eigenvalue weighted by atomic mass is 10.0. The Hall–Kier alpha value is -0.530. The second-order valence-corrected chi connectivity index (χ2v) is 7.68. The summed E-state index contributed by atoms with van der Waals surface area (Å²) in [5.74, 6) is 0.0444. The summed E-state index contributed by atoms with van der Waals surface area (Å²) in [6, 6.07) is 0. The molecule has 0 aromatic heterocycles. The maximum Gasteiger partial charge on any atom is 0.306 e. The van der Waals surface area contributed by atoms with E-state index in [0.717, 1.165) is 19.3 Å². The van der Waals surface area contributed by atoms with Gasteiger partial charge in [-0.05, 0) is 32.1 Å². The molecule has 0 spiro atoms. The van der Waals surface area contributed by atoms with E-state index in [4.69, 9.17) is 4.74 Å². The van der Waals surface area contributed by atoms with Crippen molar-refractivity contribution in [3.63, 3.8) is 0 Å². The third kappa shape index (κ3) is 18.1. The molecule has 0 fully saturated rings. The second-order valence-electron chi connectivity index (χ2n) is 7.68. The Kier molecular flexibility index (Phi) is 19.4. The van der Waals surface area contributed by atoms with Crippen LogP contribution in [0.1, 0.15) is 136 Å². The molecule has 150 valence electrons. The van der Waals surface area contributed by atoms with E-state index in [9.17, 15) is 4.79 Å². The van der Waals surface area contributed by atoms with Crippen LogP contribution in [-0.4, -0.2) is 12.1 Å². The molecule has 0 N–H and O–H groups in total. The van der Waals surface area contributed by atoms with Crippen molar-refractivity contribution in [2.75, 3.05) is 0 Å². The van der Waals surface area contributed by atoms with Crippen LogP contribution in [0.25, 0.3) is 0 Å². The van der Waals surface area contributed by atoms with Gasteiger partial charge in [0.2, 0.25) is 0 Å². The minimum Gasteiger partial charge on any atom is -0.462 e. The van der Waals surface area contributed by atoms with E-state index in [1.54, 1.807) is 0 Å². The van der Waals surface area contributed by atoms with Crippen LogP contribution in [0.2, 0.25) is 0 Å². The van der Waals surface area contributed by atoms with E-state index in [2.05, 4.69) is 20.8 Å². The molecule has 1 unspecified atom stereocenters. The molecule has 0 aromatic rings. The van der Waals surface area contributed by atoms with Gasteiger partial charge in [0.1, 0.15) is 6.10 Å². The van der Waals surface area contributed by atoms with Crippen LogP contribution in [0.15, 0.2) is 0 Å². The van der Waals surface area contributed by atoms with Crippen molar-refractivity contribution in [2.24, 2.45) is 0 Å². The summed E-state index contributed by atoms with van der Waals surface area (Å²) in [4.78, 5) is 12.1. The summed E-state index contributed by atoms with van der Waals surface area (Å²) in [6.45, 7) is 6.72. The standard InChI is InChI=1S/C23H46O2/c1-4-7-10-13-15-17-20-22(19-16-12-9-6-3)25-23(24)21-18-14-11-8-5-2/h22H,4-21H2,1-3H3. The number of esters is 1. The summed E-state index contributed by atoms with van der Waals surface area (Å²) in [7, 11) is 0. The molecule has 0 aliphatic rings. The van der Waals surface area contributed by atoms with Crippen LogP contribution in [0, 0.1) is 0 Å². The van der Waals surface area contributed by atoms with Crippen LogP contribution in [0.4, 0.5) is 0 Å². The second kappa shape index (κ2) is 19.8. The maximum atomic E-state index is 12.1. The molecule has 2 nitrogen and oxygen atoms in total. The normalized spacial score (nSPS) is 12.3. The monoisotopic (exact) mass is 354 g/mol. The van der Waals surface area contributed by atoms with Crippen molar-refractivity contribution in [2.45, 2.75) is 142 Å². The summed E-state index contributed by atoms with van der Waals surface area (Å²) >= 11 is 0. The molecule has 0 saturated carbocycles. The highest BCUT2D eigenvalue weighted by atomic mass is 16.5. The minimum atomic E-state index is 0.0444. The topological polar surface area (TPSA) is 26.3 Å². The zero-order valence-corrected chi connectivity index (χ0v) is 17.6. The molecule has 0 rings (SSSR count). The zero-order chi connectivity index (χ0) is 18.6. The van der Waals surface area contributed by atoms with Crippen molar-refractivity contribution in [3.05, 3.63) is 0 Å². The number of ether oxygens (including phenoxy) is 1. The van der Waals surface area contributed by atoms with E-state index < -0.39 is 0 Å². The number of hydrogen-bond acceptors (Lipinski definition) is 2. The minimum absolute atomic E-state index is 0.0444. The van der Waals surface area contributed by atoms with E-state index in [1.165, 1.54) is 89.9 Å². The van der Waals surface area contributed by atoms with E-state index in [0.29, 0.717) is 6.42 Å². The van der Waals surface area contributed by atoms with Gasteiger partial charge >= 0.3 is 5.97 Å². The summed E-state index contributed by atoms with van der Waals surface area (Å²) in [5, 5.41) is 0. The summed E-state index contributed by atoms with van der Waals surface area (Å²) in [6.07, 6.45) is 21.8. The van der Waals surface area contributed by atoms with Crippen molar-refractivity contribution >= 4 is 5.97 Å². The van der Waals surface area contributed by atoms with Crippen LogP contribution < -0.4 is 0 Å². The van der Waals surface area contributed by atoms with Gasteiger partial charge in [-0.2, -0.15) is 0 Å². The average molecular weight is 355 g/mol. The lowest BCUT2D eigenvalue weighted by molar-refractivity contribution is -0.150. The number of carbonyl (C=O) groups is 1. The lowest BCUT2D eigenvalue weighted by Gasteiger charge is -2.18. The van der Waals surface area contributed by atoms with Gasteiger partial charge in [0.25, 0.3) is 0 Å². The van der Waals surface area contributed by atoms with E-state index >= 15 is 0 Å². The molecular formula is C23H46O2. The summed E-state index contributed by atoms with van der Waals surface area (Å²) in [5.41, 5.74) is 0. The van der Waals surface area contributed by atoms with Crippen molar-refractivity contribution in [1.82, 2.24) is 0 Å². The van der Waals surface area contributed by atoms with Crippen LogP contribution >= 0.6 is 0 Å². The van der Waals surface area contributed by atoms with Crippen LogP contribution in [0.3, 0.4) is 0 Å². The third-order valence-corrected chi connectivity index (χ3v) is 5.04. The molecule has 1 atom stereocenters. The van der Waals surface area contributed by atoms with Gasteiger partial charge in [0.05, 0.1) is 0 Å². The molecule has 0 aromatic carbocycles. The van der Waals surface area contributed by atoms with Gasteiger partial charge in [0.15, 0.2) is 0 Å². The Morgan fingerprint density at radius 2 is 1.00 bits per heavy atom. The van der Waals surface area contributed by atoms with Crippen molar-refractivity contribution in [3.8, 4) is 0 Å². The van der Waals surface area contributed by atoms with Crippen molar-refractivity contribution < 1.29 is 9.53 Å². The van der Waals surface area contributed by atoms with Gasteiger partial charge in [-0.15, -0.1) is 0 Å². The van der Waals surface area contributed by atoms with Crippen molar-refractivity contribution in [1.29, 1.82) is 0 Å². The SMILES string of the molecule is CCCCCCCCC(CCCCCC)OC(=O)CCCCCCC. The first kappa shape index (κ1) is 24.5. The fourth-order valence-electron chi connectivity index (χ4n) is 3.33. The number of rotatable bonds is 19. The molecule has 25 heavy (non-hydrogen) atoms. The summed E-state index contributed by atoms with van der Waals surface area (Å²) < 4.78 is 5.83. The van der Waals surface area contributed by atoms with Crippen LogP contribution in [0.5, 0.6) is 0 Å². The number of hydrogen-bond donors (Lipinski definition) is 0. The van der Waals surface area contributed by atoms with Gasteiger partial charge in [-0.25, -0.2) is 0 Å². The lowest BCUT2D eigenvalue weighted by Crippen LogP contribution is -2.18. The fourth-order valence-corrected chi connectivity index (χ4v) is 3.33. The molecule has 0 radical (unpaired) electrons. The molecule has 2 heteroatoms. The maximum absolute atomic E-state index is 12.1. The highest BCUT2D eigenvalue weighted by molar-refractivity contribution is 5.69. The highest BCUT2D eigenvalue weighted by Gasteiger charge is 2.14. The Morgan fingerprint density at radius 3 is 1.52 bits per heavy atom. The van der Waals surface area contributed by atoms with E-state index in [-0.39, 0.29) is 12.1 Å². The van der Waals surface area contributed by atoms with Gasteiger partial charge in [0, 0.05) is 6.42 Å². The van der Waals surface area contributed by atoms with E-state index in [1.807, 2.05) is 0 Å². The average Bonchev–Trinajstić information content (AvgIpc) is 2.61. The Bertz CT molecular complexity index is 275. The molecule has 0 heterocycles. The van der Waals surface area contributed by atoms with Gasteiger partial charge in [-0.3, -0.25) is 4.79 Å². The Balaban J connectivity index is 3.95. The number of carbonyl (C=O) groups excluding carboxylic acids is 1. The first-order chi connectivity index (χ1) is 12.2. The zero-order valence-electron chi connectivity index (χ0n) is 17.6. The number of unbranched alkanes of at least 4 members (excludes halogenated alkanes) is 12.